The summed E-state index contributed by atoms with van der Waals surface area (Å²) < 4.78 is 15.6. The Labute approximate surface area is 145 Å². The average molecular weight is 335 g/mol. The van der Waals surface area contributed by atoms with Crippen LogP contribution in [0.1, 0.15) is 14.3 Å². The van der Waals surface area contributed by atoms with E-state index in [-0.39, 0.29) is 12.7 Å². The summed E-state index contributed by atoms with van der Waals surface area (Å²) in [5, 5.41) is 3.83. The molecule has 0 spiro atoms. The van der Waals surface area contributed by atoms with Crippen molar-refractivity contribution in [1.82, 2.24) is 9.55 Å². The molecule has 1 N–H and O–H groups in total. The van der Waals surface area contributed by atoms with Gasteiger partial charge in [-0.05, 0) is 43.2 Å². The van der Waals surface area contributed by atoms with Gasteiger partial charge in [-0.25, -0.2) is 4.39 Å². The fraction of sp³-hybridized carbons (Fsp3) is 0.100. The number of rotatable bonds is 3. The van der Waals surface area contributed by atoms with Crippen molar-refractivity contribution in [2.24, 2.45) is 0 Å². The van der Waals surface area contributed by atoms with E-state index in [0.717, 1.165) is 18.5 Å². The summed E-state index contributed by atoms with van der Waals surface area (Å²) in [6, 6.07) is 9.50. The molecule has 4 rings (SSSR count). The number of allylic oxidation sites excluding steroid dienone is 3. The number of hydrogen-bond acceptors (Lipinski definition) is 3. The second kappa shape index (κ2) is 6.36. The van der Waals surface area contributed by atoms with Crippen LogP contribution in [0.25, 0.3) is 16.6 Å². The Hall–Kier alpha value is -3.21. The Balaban J connectivity index is 0.00000196. The molecule has 0 aliphatic heterocycles. The minimum atomic E-state index is -0.337. The number of nitrogens with zero attached hydrogens (tertiary/aromatic N) is 2. The molecule has 0 atom stereocenters. The third-order valence-corrected chi connectivity index (χ3v) is 4.15. The molecule has 4 nitrogen and oxygen atoms in total. The predicted octanol–water partition coefficient (Wildman–Crippen LogP) is 4.42. The zero-order chi connectivity index (χ0) is 17.2. The molecule has 0 saturated heterocycles. The number of benzene rings is 1. The molecule has 0 fully saturated rings. The van der Waals surface area contributed by atoms with Gasteiger partial charge in [0, 0.05) is 24.8 Å². The predicted molar refractivity (Wildman–Crippen MR) is 99.5 cm³/mol. The van der Waals surface area contributed by atoms with Crippen LogP contribution >= 0.6 is 0 Å². The molecular formula is C20H18FN3O. The van der Waals surface area contributed by atoms with Crippen LogP contribution in [0.3, 0.4) is 0 Å². The van der Waals surface area contributed by atoms with Gasteiger partial charge in [-0.15, -0.1) is 0 Å². The zero-order valence-corrected chi connectivity index (χ0v) is 13.4. The lowest BCUT2D eigenvalue weighted by atomic mass is 10.1. The molecule has 1 aliphatic carbocycles. The number of nitrogens with one attached hydrogen (secondary N) is 1. The van der Waals surface area contributed by atoms with E-state index >= 15 is 0 Å². The van der Waals surface area contributed by atoms with Crippen molar-refractivity contribution in [1.29, 1.82) is 0 Å². The van der Waals surface area contributed by atoms with E-state index in [1.54, 1.807) is 30.6 Å². The lowest BCUT2D eigenvalue weighted by Crippen LogP contribution is -2.14. The monoisotopic (exact) mass is 335 g/mol. The highest BCUT2D eigenvalue weighted by Gasteiger charge is 2.12. The van der Waals surface area contributed by atoms with Gasteiger partial charge in [-0.2, -0.15) is 0 Å². The van der Waals surface area contributed by atoms with Gasteiger partial charge >= 0.3 is 0 Å². The molecule has 126 valence electrons. The summed E-state index contributed by atoms with van der Waals surface area (Å²) in [6.07, 6.45) is 11.3. The minimum Gasteiger partial charge on any atom is -0.342 e. The van der Waals surface area contributed by atoms with Gasteiger partial charge in [0.2, 0.25) is 0 Å². The molecule has 0 bridgehead atoms. The van der Waals surface area contributed by atoms with Crippen LogP contribution in [0.2, 0.25) is 0 Å². The van der Waals surface area contributed by atoms with Crippen molar-refractivity contribution in [3.63, 3.8) is 0 Å². The second-order valence-corrected chi connectivity index (χ2v) is 5.87. The summed E-state index contributed by atoms with van der Waals surface area (Å²) in [6.45, 7) is 0. The highest BCUT2D eigenvalue weighted by atomic mass is 19.1. The number of pyridine rings is 2. The quantitative estimate of drug-likeness (QED) is 0.771. The Kier molecular flexibility index (Phi) is 3.90. The summed E-state index contributed by atoms with van der Waals surface area (Å²) in [5.41, 5.74) is 2.07. The fourth-order valence-corrected chi connectivity index (χ4v) is 3.01. The minimum absolute atomic E-state index is 0. The Bertz CT molecular complexity index is 1070. The van der Waals surface area contributed by atoms with Gasteiger partial charge in [0.05, 0.1) is 17.4 Å². The van der Waals surface area contributed by atoms with E-state index in [4.69, 9.17) is 0 Å². The maximum atomic E-state index is 13.8. The fourth-order valence-electron chi connectivity index (χ4n) is 3.01. The van der Waals surface area contributed by atoms with Crippen molar-refractivity contribution in [2.45, 2.75) is 12.8 Å². The third-order valence-electron chi connectivity index (χ3n) is 4.15. The van der Waals surface area contributed by atoms with Crippen LogP contribution < -0.4 is 10.7 Å². The van der Waals surface area contributed by atoms with Gasteiger partial charge in [0.25, 0.3) is 0 Å². The highest BCUT2D eigenvalue weighted by molar-refractivity contribution is 5.82. The molecule has 3 aromatic rings. The third kappa shape index (κ3) is 2.96. The smallest absolute Gasteiger partial charge is 0.191 e. The molecular weight excluding hydrogens is 317 g/mol. The van der Waals surface area contributed by atoms with Crippen LogP contribution in [0, 0.1) is 5.82 Å². The van der Waals surface area contributed by atoms with E-state index < -0.39 is 0 Å². The molecule has 0 amide bonds. The van der Waals surface area contributed by atoms with Gasteiger partial charge in [0.15, 0.2) is 5.43 Å². The molecule has 0 saturated carbocycles. The highest BCUT2D eigenvalue weighted by Crippen LogP contribution is 2.24. The van der Waals surface area contributed by atoms with E-state index in [2.05, 4.69) is 22.5 Å². The molecule has 5 heteroatoms. The number of halogens is 1. The van der Waals surface area contributed by atoms with E-state index in [1.807, 2.05) is 10.6 Å². The molecule has 0 unspecified atom stereocenters. The second-order valence-electron chi connectivity index (χ2n) is 5.87. The van der Waals surface area contributed by atoms with Crippen LogP contribution in [0.5, 0.6) is 0 Å². The summed E-state index contributed by atoms with van der Waals surface area (Å²) >= 11 is 0. The van der Waals surface area contributed by atoms with Crippen molar-refractivity contribution < 1.29 is 5.82 Å². The lowest BCUT2D eigenvalue weighted by Gasteiger charge is -2.19. The topological polar surface area (TPSA) is 46.9 Å². The first kappa shape index (κ1) is 15.3. The largest absolute Gasteiger partial charge is 0.342 e. The standard InChI is InChI=1S/C20H16FN3O.H2/c21-14-5-4-8-16(11-14)24-18-13-22-10-9-17(18)19(25)12-20(24)23-15-6-2-1-3-7-15;/h2,4-13,23H,1,3H2;1H. The first-order chi connectivity index (χ1) is 12.2. The number of fused-ring (bicyclic) bond motifs is 1. The molecule has 1 aromatic carbocycles. The Morgan fingerprint density at radius 1 is 1.20 bits per heavy atom. The average Bonchev–Trinajstić information content (AvgIpc) is 2.63. The maximum Gasteiger partial charge on any atom is 0.191 e. The lowest BCUT2D eigenvalue weighted by molar-refractivity contribution is 0.627. The summed E-state index contributed by atoms with van der Waals surface area (Å²) in [7, 11) is 0. The van der Waals surface area contributed by atoms with Crippen molar-refractivity contribution in [3.8, 4) is 5.69 Å². The van der Waals surface area contributed by atoms with E-state index in [0.29, 0.717) is 22.4 Å². The molecule has 25 heavy (non-hydrogen) atoms. The van der Waals surface area contributed by atoms with E-state index in [9.17, 15) is 9.18 Å². The van der Waals surface area contributed by atoms with Crippen molar-refractivity contribution >= 4 is 16.7 Å². The van der Waals surface area contributed by atoms with Gasteiger partial charge in [-0.1, -0.05) is 18.2 Å². The molecule has 0 radical (unpaired) electrons. The van der Waals surface area contributed by atoms with Crippen LogP contribution in [0.15, 0.2) is 77.5 Å². The van der Waals surface area contributed by atoms with Gasteiger partial charge in [0.1, 0.15) is 11.6 Å². The van der Waals surface area contributed by atoms with Crippen molar-refractivity contribution in [3.05, 3.63) is 88.8 Å². The molecule has 2 aromatic heterocycles. The van der Waals surface area contributed by atoms with Crippen LogP contribution in [0.4, 0.5) is 10.2 Å². The maximum absolute atomic E-state index is 13.8. The van der Waals surface area contributed by atoms with Crippen LogP contribution in [-0.4, -0.2) is 9.55 Å². The summed E-state index contributed by atoms with van der Waals surface area (Å²) in [4.78, 5) is 16.6. The van der Waals surface area contributed by atoms with Gasteiger partial charge < -0.3 is 5.32 Å². The molecule has 1 aliphatic rings. The van der Waals surface area contributed by atoms with Crippen LogP contribution in [-0.2, 0) is 0 Å². The Morgan fingerprint density at radius 3 is 2.92 bits per heavy atom. The van der Waals surface area contributed by atoms with Crippen molar-refractivity contribution in [2.75, 3.05) is 5.32 Å². The number of anilines is 1. The number of hydrogen-bond donors (Lipinski definition) is 1. The van der Waals surface area contributed by atoms with Gasteiger partial charge in [-0.3, -0.25) is 14.3 Å². The first-order valence-corrected chi connectivity index (χ1v) is 8.12. The zero-order valence-electron chi connectivity index (χ0n) is 13.4. The normalized spacial score (nSPS) is 13.7. The van der Waals surface area contributed by atoms with E-state index in [1.165, 1.54) is 18.2 Å². The SMILES string of the molecule is O=c1cc(NC2=CCCC=C2)n(-c2cccc(F)c2)c2cnccc12.[HH]. The molecule has 2 heterocycles. The Morgan fingerprint density at radius 2 is 2.12 bits per heavy atom. The summed E-state index contributed by atoms with van der Waals surface area (Å²) in [5.74, 6) is 0.241. The number of aromatic nitrogens is 2. The first-order valence-electron chi connectivity index (χ1n) is 8.12.